The number of aromatic amines is 1. The molecule has 1 aromatic heterocycles. The molecular formula is C22H22ClN3O3. The second-order valence-corrected chi connectivity index (χ2v) is 7.20. The molecule has 0 bridgehead atoms. The molecule has 1 amide bonds. The number of carbonyl (C=O) groups is 1. The van der Waals surface area contributed by atoms with Crippen molar-refractivity contribution in [2.24, 2.45) is 0 Å². The quantitative estimate of drug-likeness (QED) is 0.628. The van der Waals surface area contributed by atoms with Crippen molar-refractivity contribution in [2.75, 3.05) is 26.9 Å². The van der Waals surface area contributed by atoms with Gasteiger partial charge in [-0.05, 0) is 36.8 Å². The average Bonchev–Trinajstić information content (AvgIpc) is 3.27. The zero-order chi connectivity index (χ0) is 20.4. The Labute approximate surface area is 174 Å². The summed E-state index contributed by atoms with van der Waals surface area (Å²) in [6.45, 7) is 3.49. The molecule has 29 heavy (non-hydrogen) atoms. The van der Waals surface area contributed by atoms with Crippen LogP contribution >= 0.6 is 11.6 Å². The van der Waals surface area contributed by atoms with Gasteiger partial charge in [-0.3, -0.25) is 9.89 Å². The minimum Gasteiger partial charge on any atom is -0.494 e. The van der Waals surface area contributed by atoms with Gasteiger partial charge in [-0.25, -0.2) is 0 Å². The van der Waals surface area contributed by atoms with Crippen molar-refractivity contribution in [2.45, 2.75) is 13.0 Å². The van der Waals surface area contributed by atoms with E-state index in [0.717, 1.165) is 28.1 Å². The smallest absolute Gasteiger partial charge is 0.273 e. The molecule has 4 rings (SSSR count). The third-order valence-electron chi connectivity index (χ3n) is 5.02. The minimum atomic E-state index is -0.257. The molecule has 2 heterocycles. The lowest BCUT2D eigenvalue weighted by Gasteiger charge is -2.26. The number of rotatable bonds is 7. The number of nitrogens with one attached hydrogen (secondary N) is 1. The molecule has 0 saturated heterocycles. The Morgan fingerprint density at radius 3 is 2.52 bits per heavy atom. The summed E-state index contributed by atoms with van der Waals surface area (Å²) in [6.07, 6.45) is 0. The van der Waals surface area contributed by atoms with Gasteiger partial charge in [0.05, 0.1) is 24.9 Å². The standard InChI is InChI=1S/C22H22ClN3O3/c1-3-29-17-10-6-15(7-11-17)21-18-19(14-4-8-16(23)9-5-14)24-25-20(18)22(27)26(21)12-13-28-2/h4-11,21H,3,12-13H2,1-2H3,(H,24,25). The van der Waals surface area contributed by atoms with Crippen LogP contribution in [-0.4, -0.2) is 47.9 Å². The molecule has 1 atom stereocenters. The molecule has 3 aromatic rings. The van der Waals surface area contributed by atoms with Gasteiger partial charge in [-0.15, -0.1) is 0 Å². The van der Waals surface area contributed by atoms with Crippen LogP contribution in [0.5, 0.6) is 5.75 Å². The monoisotopic (exact) mass is 411 g/mol. The molecule has 0 spiro atoms. The van der Waals surface area contributed by atoms with E-state index in [0.29, 0.717) is 30.5 Å². The number of nitrogens with zero attached hydrogens (tertiary/aromatic N) is 2. The van der Waals surface area contributed by atoms with Gasteiger partial charge in [0, 0.05) is 29.8 Å². The summed E-state index contributed by atoms with van der Waals surface area (Å²) < 4.78 is 10.8. The van der Waals surface area contributed by atoms with Crippen LogP contribution in [-0.2, 0) is 4.74 Å². The lowest BCUT2D eigenvalue weighted by molar-refractivity contribution is 0.0677. The SMILES string of the molecule is CCOc1ccc(C2c3c(-c4ccc(Cl)cc4)n[nH]c3C(=O)N2CCOC)cc1. The Morgan fingerprint density at radius 1 is 1.14 bits per heavy atom. The number of fused-ring (bicyclic) bond motifs is 1. The molecule has 1 aliphatic rings. The third-order valence-corrected chi connectivity index (χ3v) is 5.28. The van der Waals surface area contributed by atoms with Gasteiger partial charge in [0.25, 0.3) is 5.91 Å². The Morgan fingerprint density at radius 2 is 1.86 bits per heavy atom. The number of methoxy groups -OCH3 is 1. The van der Waals surface area contributed by atoms with Crippen molar-refractivity contribution in [3.63, 3.8) is 0 Å². The van der Waals surface area contributed by atoms with Crippen LogP contribution in [0.2, 0.25) is 5.02 Å². The zero-order valence-electron chi connectivity index (χ0n) is 16.3. The molecule has 1 unspecified atom stereocenters. The van der Waals surface area contributed by atoms with E-state index < -0.39 is 0 Å². The fourth-order valence-electron chi connectivity index (χ4n) is 3.70. The summed E-state index contributed by atoms with van der Waals surface area (Å²) in [5, 5.41) is 8.06. The van der Waals surface area contributed by atoms with Crippen molar-refractivity contribution in [3.8, 4) is 17.0 Å². The first-order valence-electron chi connectivity index (χ1n) is 9.51. The van der Waals surface area contributed by atoms with E-state index in [2.05, 4.69) is 10.2 Å². The number of hydrogen-bond acceptors (Lipinski definition) is 4. The lowest BCUT2D eigenvalue weighted by Crippen LogP contribution is -2.32. The topological polar surface area (TPSA) is 67.5 Å². The second kappa shape index (κ2) is 8.27. The van der Waals surface area contributed by atoms with Crippen molar-refractivity contribution in [3.05, 3.63) is 70.4 Å². The highest BCUT2D eigenvalue weighted by atomic mass is 35.5. The predicted molar refractivity (Wildman–Crippen MR) is 111 cm³/mol. The summed E-state index contributed by atoms with van der Waals surface area (Å²) in [6, 6.07) is 15.1. The van der Waals surface area contributed by atoms with Crippen molar-refractivity contribution in [1.29, 1.82) is 0 Å². The lowest BCUT2D eigenvalue weighted by atomic mass is 9.96. The molecular weight excluding hydrogens is 390 g/mol. The van der Waals surface area contributed by atoms with Crippen LogP contribution in [0.4, 0.5) is 0 Å². The molecule has 0 aliphatic carbocycles. The molecule has 1 aliphatic heterocycles. The predicted octanol–water partition coefficient (Wildman–Crippen LogP) is 4.32. The summed E-state index contributed by atoms with van der Waals surface area (Å²) in [5.74, 6) is 0.720. The van der Waals surface area contributed by atoms with Gasteiger partial charge in [-0.2, -0.15) is 5.10 Å². The zero-order valence-corrected chi connectivity index (χ0v) is 17.1. The average molecular weight is 412 g/mol. The first kappa shape index (κ1) is 19.5. The fraction of sp³-hybridized carbons (Fsp3) is 0.273. The van der Waals surface area contributed by atoms with Gasteiger partial charge in [0.2, 0.25) is 0 Å². The van der Waals surface area contributed by atoms with E-state index in [1.54, 1.807) is 7.11 Å². The molecule has 150 valence electrons. The first-order valence-corrected chi connectivity index (χ1v) is 9.88. The maximum Gasteiger partial charge on any atom is 0.273 e. The summed E-state index contributed by atoms with van der Waals surface area (Å²) in [5.41, 5.74) is 4.05. The van der Waals surface area contributed by atoms with Crippen LogP contribution in [0.1, 0.15) is 34.6 Å². The molecule has 1 N–H and O–H groups in total. The highest BCUT2D eigenvalue weighted by Crippen LogP contribution is 2.43. The van der Waals surface area contributed by atoms with E-state index >= 15 is 0 Å². The van der Waals surface area contributed by atoms with Crippen LogP contribution in [0, 0.1) is 0 Å². The van der Waals surface area contributed by atoms with Gasteiger partial charge in [0.1, 0.15) is 11.4 Å². The number of ether oxygens (including phenoxy) is 2. The number of halogens is 1. The maximum absolute atomic E-state index is 13.1. The molecule has 2 aromatic carbocycles. The normalized spacial score (nSPS) is 15.6. The number of hydrogen-bond donors (Lipinski definition) is 1. The summed E-state index contributed by atoms with van der Waals surface area (Å²) in [7, 11) is 1.63. The van der Waals surface area contributed by atoms with Gasteiger partial charge in [-0.1, -0.05) is 35.9 Å². The molecule has 7 heteroatoms. The summed E-state index contributed by atoms with van der Waals surface area (Å²) >= 11 is 6.04. The van der Waals surface area contributed by atoms with Gasteiger partial charge in [0.15, 0.2) is 0 Å². The van der Waals surface area contributed by atoms with Gasteiger partial charge < -0.3 is 14.4 Å². The first-order chi connectivity index (χ1) is 14.1. The fourth-order valence-corrected chi connectivity index (χ4v) is 3.83. The van der Waals surface area contributed by atoms with E-state index in [-0.39, 0.29) is 11.9 Å². The molecule has 0 fully saturated rings. The Kier molecular flexibility index (Phi) is 5.56. The van der Waals surface area contributed by atoms with E-state index in [1.165, 1.54) is 0 Å². The van der Waals surface area contributed by atoms with E-state index in [9.17, 15) is 4.79 Å². The molecule has 0 radical (unpaired) electrons. The molecule has 0 saturated carbocycles. The number of benzene rings is 2. The number of aromatic nitrogens is 2. The summed E-state index contributed by atoms with van der Waals surface area (Å²) in [4.78, 5) is 14.9. The largest absolute Gasteiger partial charge is 0.494 e. The van der Waals surface area contributed by atoms with Crippen molar-refractivity contribution in [1.82, 2.24) is 15.1 Å². The van der Waals surface area contributed by atoms with Gasteiger partial charge >= 0.3 is 0 Å². The number of H-pyrrole nitrogens is 1. The second-order valence-electron chi connectivity index (χ2n) is 6.76. The van der Waals surface area contributed by atoms with Crippen LogP contribution in [0.15, 0.2) is 48.5 Å². The van der Waals surface area contributed by atoms with Crippen LogP contribution < -0.4 is 4.74 Å². The highest BCUT2D eigenvalue weighted by molar-refractivity contribution is 6.30. The Balaban J connectivity index is 1.80. The third kappa shape index (κ3) is 3.61. The minimum absolute atomic E-state index is 0.0800. The van der Waals surface area contributed by atoms with Crippen LogP contribution in [0.3, 0.4) is 0 Å². The van der Waals surface area contributed by atoms with Crippen molar-refractivity contribution >= 4 is 17.5 Å². The van der Waals surface area contributed by atoms with Crippen LogP contribution in [0.25, 0.3) is 11.3 Å². The number of carbonyl (C=O) groups excluding carboxylic acids is 1. The maximum atomic E-state index is 13.1. The number of amides is 1. The Bertz CT molecular complexity index is 999. The Hall–Kier alpha value is -2.83. The highest BCUT2D eigenvalue weighted by Gasteiger charge is 2.41. The van der Waals surface area contributed by atoms with Crippen molar-refractivity contribution < 1.29 is 14.3 Å². The van der Waals surface area contributed by atoms with E-state index in [4.69, 9.17) is 21.1 Å². The molecule has 6 nitrogen and oxygen atoms in total. The van der Waals surface area contributed by atoms with E-state index in [1.807, 2.05) is 60.4 Å².